The summed E-state index contributed by atoms with van der Waals surface area (Å²) in [6.45, 7) is 1.35. The van der Waals surface area contributed by atoms with Crippen molar-refractivity contribution in [1.29, 1.82) is 0 Å². The number of hydrogen-bond donors (Lipinski definition) is 1. The minimum absolute atomic E-state index is 0.220. The predicted molar refractivity (Wildman–Crippen MR) is 48.6 cm³/mol. The van der Waals surface area contributed by atoms with E-state index in [-0.39, 0.29) is 12.2 Å². The smallest absolute Gasteiger partial charge is 0.308 e. The van der Waals surface area contributed by atoms with Gasteiger partial charge in [0.25, 0.3) is 0 Å². The second-order valence-electron chi connectivity index (χ2n) is 3.02. The van der Waals surface area contributed by atoms with Crippen molar-refractivity contribution in [2.45, 2.75) is 12.8 Å². The summed E-state index contributed by atoms with van der Waals surface area (Å²) in [6.07, 6.45) is 0. The van der Waals surface area contributed by atoms with Crippen LogP contribution in [0.15, 0.2) is 18.2 Å². The fraction of sp³-hybridized carbons (Fsp3) is 0.333. The van der Waals surface area contributed by atoms with Crippen molar-refractivity contribution >= 4 is 5.69 Å². The number of nitro benzene ring substituents is 1. The normalized spacial score (nSPS) is 12.5. The Balaban J connectivity index is 3.28. The molecule has 0 heterocycles. The van der Waals surface area contributed by atoms with Gasteiger partial charge in [-0.3, -0.25) is 10.1 Å². The fourth-order valence-electron chi connectivity index (χ4n) is 1.22. The Kier molecular flexibility index (Phi) is 3.14. The maximum absolute atomic E-state index is 13.1. The first-order valence-corrected chi connectivity index (χ1v) is 4.11. The van der Waals surface area contributed by atoms with E-state index >= 15 is 0 Å². The third-order valence-electron chi connectivity index (χ3n) is 2.01. The van der Waals surface area contributed by atoms with E-state index in [2.05, 4.69) is 0 Å². The fourth-order valence-corrected chi connectivity index (χ4v) is 1.22. The molecule has 0 aliphatic heterocycles. The van der Waals surface area contributed by atoms with Gasteiger partial charge >= 0.3 is 5.69 Å². The molecule has 1 aromatic carbocycles. The number of nitro groups is 1. The summed E-state index contributed by atoms with van der Waals surface area (Å²) in [7, 11) is 0. The number of aliphatic hydroxyl groups is 1. The molecule has 1 N–H and O–H groups in total. The number of hydrogen-bond acceptors (Lipinski definition) is 3. The highest BCUT2D eigenvalue weighted by molar-refractivity contribution is 5.43. The van der Waals surface area contributed by atoms with E-state index in [9.17, 15) is 14.5 Å². The molecule has 0 radical (unpaired) electrons. The molecule has 0 aromatic heterocycles. The SMILES string of the molecule is CC(CO)c1cccc(F)c1[N+](=O)[O-]. The molecule has 0 aliphatic carbocycles. The maximum atomic E-state index is 13.1. The molecule has 1 rings (SSSR count). The molecule has 0 amide bonds. The first-order valence-electron chi connectivity index (χ1n) is 4.11. The van der Waals surface area contributed by atoms with Crippen molar-refractivity contribution in [3.05, 3.63) is 39.7 Å². The van der Waals surface area contributed by atoms with Crippen molar-refractivity contribution < 1.29 is 14.4 Å². The molecule has 0 bridgehead atoms. The molecule has 1 atom stereocenters. The zero-order chi connectivity index (χ0) is 10.7. The van der Waals surface area contributed by atoms with Crippen LogP contribution >= 0.6 is 0 Å². The Morgan fingerprint density at radius 3 is 2.79 bits per heavy atom. The van der Waals surface area contributed by atoms with Gasteiger partial charge in [0.2, 0.25) is 5.82 Å². The lowest BCUT2D eigenvalue weighted by Gasteiger charge is -2.08. The van der Waals surface area contributed by atoms with Crippen LogP contribution in [0.25, 0.3) is 0 Å². The van der Waals surface area contributed by atoms with Crippen molar-refractivity contribution in [3.63, 3.8) is 0 Å². The maximum Gasteiger partial charge on any atom is 0.308 e. The van der Waals surface area contributed by atoms with E-state index in [1.165, 1.54) is 12.1 Å². The highest BCUT2D eigenvalue weighted by atomic mass is 19.1. The van der Waals surface area contributed by atoms with Gasteiger partial charge in [0.15, 0.2) is 0 Å². The lowest BCUT2D eigenvalue weighted by atomic mass is 10.00. The van der Waals surface area contributed by atoms with Gasteiger partial charge in [-0.1, -0.05) is 19.1 Å². The summed E-state index contributed by atoms with van der Waals surface area (Å²) in [5.41, 5.74) is -0.327. The number of para-hydroxylation sites is 1. The zero-order valence-corrected chi connectivity index (χ0v) is 7.61. The quantitative estimate of drug-likeness (QED) is 0.596. The van der Waals surface area contributed by atoms with Crippen LogP contribution in [0.5, 0.6) is 0 Å². The van der Waals surface area contributed by atoms with Gasteiger partial charge in [0, 0.05) is 18.1 Å². The first-order chi connectivity index (χ1) is 6.57. The van der Waals surface area contributed by atoms with Gasteiger partial charge in [-0.15, -0.1) is 0 Å². The summed E-state index contributed by atoms with van der Waals surface area (Å²) in [5, 5.41) is 19.4. The summed E-state index contributed by atoms with van der Waals surface area (Å²) >= 11 is 0. The molecular weight excluding hydrogens is 189 g/mol. The average Bonchev–Trinajstić information content (AvgIpc) is 2.15. The van der Waals surface area contributed by atoms with Crippen molar-refractivity contribution in [2.75, 3.05) is 6.61 Å². The van der Waals surface area contributed by atoms with Crippen LogP contribution in [0.2, 0.25) is 0 Å². The second kappa shape index (κ2) is 4.15. The molecule has 4 nitrogen and oxygen atoms in total. The molecule has 0 saturated heterocycles. The molecule has 0 saturated carbocycles. The van der Waals surface area contributed by atoms with E-state index in [1.54, 1.807) is 6.92 Å². The Morgan fingerprint density at radius 2 is 2.29 bits per heavy atom. The van der Waals surface area contributed by atoms with Gasteiger partial charge in [-0.25, -0.2) is 0 Å². The van der Waals surface area contributed by atoms with Crippen LogP contribution in [0.1, 0.15) is 18.4 Å². The van der Waals surface area contributed by atoms with E-state index < -0.39 is 22.3 Å². The lowest BCUT2D eigenvalue weighted by Crippen LogP contribution is -2.05. The van der Waals surface area contributed by atoms with Gasteiger partial charge < -0.3 is 5.11 Å². The van der Waals surface area contributed by atoms with E-state index in [1.807, 2.05) is 0 Å². The van der Waals surface area contributed by atoms with E-state index in [4.69, 9.17) is 5.11 Å². The molecule has 76 valence electrons. The summed E-state index contributed by atoms with van der Waals surface area (Å²) in [6, 6.07) is 3.87. The van der Waals surface area contributed by atoms with Crippen LogP contribution in [-0.2, 0) is 0 Å². The molecule has 0 spiro atoms. The predicted octanol–water partition coefficient (Wildman–Crippen LogP) is 1.83. The van der Waals surface area contributed by atoms with Crippen LogP contribution in [0.4, 0.5) is 10.1 Å². The molecule has 14 heavy (non-hydrogen) atoms. The largest absolute Gasteiger partial charge is 0.396 e. The summed E-state index contributed by atoms with van der Waals surface area (Å²) in [4.78, 5) is 9.78. The summed E-state index contributed by atoms with van der Waals surface area (Å²) in [5.74, 6) is -1.31. The molecule has 1 unspecified atom stereocenters. The molecule has 5 heteroatoms. The van der Waals surface area contributed by atoms with E-state index in [0.717, 1.165) is 6.07 Å². The zero-order valence-electron chi connectivity index (χ0n) is 7.61. The number of benzene rings is 1. The van der Waals surface area contributed by atoms with Gasteiger partial charge in [0.1, 0.15) is 0 Å². The second-order valence-corrected chi connectivity index (χ2v) is 3.02. The van der Waals surface area contributed by atoms with Crippen LogP contribution in [0.3, 0.4) is 0 Å². The topological polar surface area (TPSA) is 63.4 Å². The van der Waals surface area contributed by atoms with Gasteiger partial charge in [-0.2, -0.15) is 4.39 Å². The minimum Gasteiger partial charge on any atom is -0.396 e. The van der Waals surface area contributed by atoms with Crippen molar-refractivity contribution in [1.82, 2.24) is 0 Å². The van der Waals surface area contributed by atoms with Crippen LogP contribution in [0, 0.1) is 15.9 Å². The van der Waals surface area contributed by atoms with Gasteiger partial charge in [-0.05, 0) is 6.07 Å². The van der Waals surface area contributed by atoms with Crippen molar-refractivity contribution in [2.24, 2.45) is 0 Å². The summed E-state index contributed by atoms with van der Waals surface area (Å²) < 4.78 is 13.1. The standard InChI is InChI=1S/C9H10FNO3/c1-6(5-12)7-3-2-4-8(10)9(7)11(13)14/h2-4,6,12H,5H2,1H3. The minimum atomic E-state index is -0.868. The molecular formula is C9H10FNO3. The third kappa shape index (κ3) is 1.88. The van der Waals surface area contributed by atoms with Crippen molar-refractivity contribution in [3.8, 4) is 0 Å². The van der Waals surface area contributed by atoms with Crippen LogP contribution < -0.4 is 0 Å². The Morgan fingerprint density at radius 1 is 1.64 bits per heavy atom. The highest BCUT2D eigenvalue weighted by Crippen LogP contribution is 2.28. The molecule has 0 aliphatic rings. The molecule has 1 aromatic rings. The third-order valence-corrected chi connectivity index (χ3v) is 2.01. The first kappa shape index (κ1) is 10.6. The van der Waals surface area contributed by atoms with Crippen LogP contribution in [-0.4, -0.2) is 16.6 Å². The Bertz CT molecular complexity index is 354. The lowest BCUT2D eigenvalue weighted by molar-refractivity contribution is -0.388. The number of aliphatic hydroxyl groups excluding tert-OH is 1. The monoisotopic (exact) mass is 199 g/mol. The molecule has 0 fully saturated rings. The van der Waals surface area contributed by atoms with E-state index in [0.29, 0.717) is 0 Å². The Hall–Kier alpha value is -1.49. The Labute approximate surface area is 80.1 Å². The number of halogens is 1. The number of nitrogens with zero attached hydrogens (tertiary/aromatic N) is 1. The van der Waals surface area contributed by atoms with Gasteiger partial charge in [0.05, 0.1) is 4.92 Å². The average molecular weight is 199 g/mol. The highest BCUT2D eigenvalue weighted by Gasteiger charge is 2.22. The number of rotatable bonds is 3.